The van der Waals surface area contributed by atoms with Crippen LogP contribution in [0.1, 0.15) is 44.2 Å². The lowest BCUT2D eigenvalue weighted by Crippen LogP contribution is -2.19. The van der Waals surface area contributed by atoms with E-state index in [1.807, 2.05) is 31.2 Å². The summed E-state index contributed by atoms with van der Waals surface area (Å²) in [5.41, 5.74) is 1.74. The topological polar surface area (TPSA) is 69.0 Å². The molecule has 1 amide bonds. The predicted molar refractivity (Wildman–Crippen MR) is 108 cm³/mol. The summed E-state index contributed by atoms with van der Waals surface area (Å²) in [6.07, 6.45) is 6.68. The zero-order chi connectivity index (χ0) is 18.8. The van der Waals surface area contributed by atoms with E-state index < -0.39 is 0 Å². The molecular weight excluding hydrogens is 360 g/mol. The summed E-state index contributed by atoms with van der Waals surface area (Å²) in [4.78, 5) is 17.2. The van der Waals surface area contributed by atoms with Gasteiger partial charge in [-0.15, -0.1) is 0 Å². The minimum Gasteiger partial charge on any atom is -0.497 e. The summed E-state index contributed by atoms with van der Waals surface area (Å²) < 4.78 is 8.04. The highest BCUT2D eigenvalue weighted by Gasteiger charge is 2.19. The van der Waals surface area contributed by atoms with E-state index in [4.69, 9.17) is 4.74 Å². The lowest BCUT2D eigenvalue weighted by atomic mass is 9.87. The fourth-order valence-electron chi connectivity index (χ4n) is 3.69. The van der Waals surface area contributed by atoms with Crippen molar-refractivity contribution < 1.29 is 9.53 Å². The second-order valence-electron chi connectivity index (χ2n) is 7.17. The molecule has 0 spiro atoms. The quantitative estimate of drug-likeness (QED) is 0.692. The number of benzene rings is 1. The Hall–Kier alpha value is -2.41. The largest absolute Gasteiger partial charge is 0.497 e. The average molecular weight is 385 g/mol. The van der Waals surface area contributed by atoms with Gasteiger partial charge in [0.15, 0.2) is 0 Å². The van der Waals surface area contributed by atoms with Gasteiger partial charge in [-0.1, -0.05) is 30.6 Å². The summed E-state index contributed by atoms with van der Waals surface area (Å²) in [6, 6.07) is 7.69. The molecule has 1 aliphatic carbocycles. The van der Waals surface area contributed by atoms with Crippen LogP contribution in [0, 0.1) is 12.8 Å². The van der Waals surface area contributed by atoms with E-state index in [1.165, 1.54) is 30.6 Å². The van der Waals surface area contributed by atoms with Crippen molar-refractivity contribution >= 4 is 33.3 Å². The summed E-state index contributed by atoms with van der Waals surface area (Å²) in [7, 11) is 1.65. The molecule has 6 nitrogen and oxygen atoms in total. The van der Waals surface area contributed by atoms with E-state index >= 15 is 0 Å². The first-order valence-electron chi connectivity index (χ1n) is 9.44. The monoisotopic (exact) mass is 384 g/mol. The molecule has 1 aliphatic rings. The highest BCUT2D eigenvalue weighted by molar-refractivity contribution is 7.20. The second-order valence-corrected chi connectivity index (χ2v) is 8.18. The molecule has 0 aliphatic heterocycles. The van der Waals surface area contributed by atoms with E-state index in [0.717, 1.165) is 39.6 Å². The Labute approximate surface area is 162 Å². The van der Waals surface area contributed by atoms with E-state index in [2.05, 4.69) is 15.4 Å². The van der Waals surface area contributed by atoms with Gasteiger partial charge in [-0.3, -0.25) is 4.79 Å². The van der Waals surface area contributed by atoms with Gasteiger partial charge < -0.3 is 10.1 Å². The molecule has 2 aromatic heterocycles. The molecule has 0 bridgehead atoms. The maximum absolute atomic E-state index is 12.5. The molecule has 0 saturated heterocycles. The van der Waals surface area contributed by atoms with Crippen molar-refractivity contribution in [2.75, 3.05) is 12.4 Å². The number of carbonyl (C=O) groups excluding carboxylic acids is 1. The van der Waals surface area contributed by atoms with Crippen molar-refractivity contribution in [3.63, 3.8) is 0 Å². The van der Waals surface area contributed by atoms with Gasteiger partial charge in [0.2, 0.25) is 11.0 Å². The lowest BCUT2D eigenvalue weighted by molar-refractivity contribution is -0.117. The summed E-state index contributed by atoms with van der Waals surface area (Å²) in [5.74, 6) is 2.05. The minimum atomic E-state index is 0.0610. The van der Waals surface area contributed by atoms with E-state index in [-0.39, 0.29) is 5.91 Å². The molecule has 1 aromatic carbocycles. The molecule has 0 unspecified atom stereocenters. The number of rotatable bonds is 5. The number of anilines is 1. The van der Waals surface area contributed by atoms with Crippen LogP contribution in [0.3, 0.4) is 0 Å². The number of ether oxygens (including phenoxy) is 1. The van der Waals surface area contributed by atoms with Gasteiger partial charge in [-0.25, -0.2) is 4.98 Å². The molecule has 27 heavy (non-hydrogen) atoms. The Morgan fingerprint density at radius 2 is 2.11 bits per heavy atom. The third-order valence-corrected chi connectivity index (χ3v) is 6.06. The SMILES string of the molecule is COc1ccc2nc(-n3nc(C)cc3NC(=O)CC3CCCCC3)sc2c1. The zero-order valence-electron chi connectivity index (χ0n) is 15.7. The molecule has 0 atom stereocenters. The fourth-order valence-corrected chi connectivity index (χ4v) is 4.65. The van der Waals surface area contributed by atoms with Crippen LogP contribution >= 0.6 is 11.3 Å². The zero-order valence-corrected chi connectivity index (χ0v) is 16.5. The minimum absolute atomic E-state index is 0.0610. The predicted octanol–water partition coefficient (Wildman–Crippen LogP) is 4.71. The molecule has 3 aromatic rings. The lowest BCUT2D eigenvalue weighted by Gasteiger charge is -2.20. The molecule has 142 valence electrons. The van der Waals surface area contributed by atoms with Crippen molar-refractivity contribution in [3.05, 3.63) is 30.0 Å². The molecule has 1 N–H and O–H groups in total. The third-order valence-electron chi connectivity index (χ3n) is 5.06. The number of methoxy groups -OCH3 is 1. The van der Waals surface area contributed by atoms with Gasteiger partial charge in [-0.05, 0) is 43.9 Å². The second kappa shape index (κ2) is 7.68. The van der Waals surface area contributed by atoms with Gasteiger partial charge in [0.25, 0.3) is 0 Å². The first-order valence-corrected chi connectivity index (χ1v) is 10.3. The maximum atomic E-state index is 12.5. The highest BCUT2D eigenvalue weighted by Crippen LogP contribution is 2.30. The number of hydrogen-bond donors (Lipinski definition) is 1. The van der Waals surface area contributed by atoms with Crippen LogP contribution in [-0.4, -0.2) is 27.8 Å². The van der Waals surface area contributed by atoms with Crippen molar-refractivity contribution in [3.8, 4) is 10.9 Å². The number of nitrogens with one attached hydrogen (secondary N) is 1. The highest BCUT2D eigenvalue weighted by atomic mass is 32.1. The van der Waals surface area contributed by atoms with E-state index in [9.17, 15) is 4.79 Å². The Morgan fingerprint density at radius 1 is 1.30 bits per heavy atom. The first kappa shape index (κ1) is 18.0. The third kappa shape index (κ3) is 3.98. The first-order chi connectivity index (χ1) is 13.1. The number of amides is 1. The van der Waals surface area contributed by atoms with Crippen LogP contribution in [0.4, 0.5) is 5.82 Å². The molecule has 2 heterocycles. The molecule has 1 saturated carbocycles. The van der Waals surface area contributed by atoms with Crippen LogP contribution < -0.4 is 10.1 Å². The van der Waals surface area contributed by atoms with Crippen molar-refractivity contribution in [2.24, 2.45) is 5.92 Å². The Balaban J connectivity index is 1.56. The van der Waals surface area contributed by atoms with E-state index in [1.54, 1.807) is 11.8 Å². The van der Waals surface area contributed by atoms with Gasteiger partial charge >= 0.3 is 0 Å². The normalized spacial score (nSPS) is 15.2. The van der Waals surface area contributed by atoms with Crippen molar-refractivity contribution in [2.45, 2.75) is 45.4 Å². The molecule has 0 radical (unpaired) electrons. The van der Waals surface area contributed by atoms with Crippen LogP contribution in [0.5, 0.6) is 5.75 Å². The van der Waals surface area contributed by atoms with Gasteiger partial charge in [0.05, 0.1) is 23.0 Å². The van der Waals surface area contributed by atoms with Crippen LogP contribution in [-0.2, 0) is 4.79 Å². The molecule has 7 heteroatoms. The van der Waals surface area contributed by atoms with E-state index in [0.29, 0.717) is 18.2 Å². The maximum Gasteiger partial charge on any atom is 0.225 e. The van der Waals surface area contributed by atoms with Crippen LogP contribution in [0.15, 0.2) is 24.3 Å². The Morgan fingerprint density at radius 3 is 2.89 bits per heavy atom. The number of carbonyl (C=O) groups is 1. The molecule has 4 rings (SSSR count). The van der Waals surface area contributed by atoms with Gasteiger partial charge in [-0.2, -0.15) is 9.78 Å². The number of hydrogen-bond acceptors (Lipinski definition) is 5. The van der Waals surface area contributed by atoms with Crippen LogP contribution in [0.2, 0.25) is 0 Å². The number of aromatic nitrogens is 3. The van der Waals surface area contributed by atoms with Gasteiger partial charge in [0, 0.05) is 12.5 Å². The standard InChI is InChI=1S/C20H24N4O2S/c1-13-10-18(22-19(25)11-14-6-4-3-5-7-14)24(23-13)20-21-16-9-8-15(26-2)12-17(16)27-20/h8-10,12,14H,3-7,11H2,1-2H3,(H,22,25). The van der Waals surface area contributed by atoms with Crippen molar-refractivity contribution in [1.82, 2.24) is 14.8 Å². The smallest absolute Gasteiger partial charge is 0.225 e. The van der Waals surface area contributed by atoms with Gasteiger partial charge in [0.1, 0.15) is 11.6 Å². The number of fused-ring (bicyclic) bond motifs is 1. The van der Waals surface area contributed by atoms with Crippen LogP contribution in [0.25, 0.3) is 15.3 Å². The number of aryl methyl sites for hydroxylation is 1. The molecule has 1 fully saturated rings. The number of thiazole rings is 1. The fraction of sp³-hybridized carbons (Fsp3) is 0.450. The number of nitrogens with zero attached hydrogens (tertiary/aromatic N) is 3. The Kier molecular flexibility index (Phi) is 5.11. The summed E-state index contributed by atoms with van der Waals surface area (Å²) in [5, 5.41) is 8.32. The average Bonchev–Trinajstić information content (AvgIpc) is 3.24. The summed E-state index contributed by atoms with van der Waals surface area (Å²) in [6.45, 7) is 1.92. The van der Waals surface area contributed by atoms with Crippen molar-refractivity contribution in [1.29, 1.82) is 0 Å². The molecular formula is C20H24N4O2S. The summed E-state index contributed by atoms with van der Waals surface area (Å²) >= 11 is 1.53. The Bertz CT molecular complexity index is 956.